The molecule has 2 fully saturated rings. The van der Waals surface area contributed by atoms with Crippen LogP contribution in [0.4, 0.5) is 4.79 Å². The zero-order valence-corrected chi connectivity index (χ0v) is 14.4. The molecule has 1 aliphatic heterocycles. The van der Waals surface area contributed by atoms with Gasteiger partial charge in [-0.2, -0.15) is 0 Å². The first-order valence-corrected chi connectivity index (χ1v) is 8.58. The fourth-order valence-electron chi connectivity index (χ4n) is 3.12. The number of hydrogen-bond donors (Lipinski definition) is 1. The lowest BCUT2D eigenvalue weighted by atomic mass is 9.93. The first-order valence-electron chi connectivity index (χ1n) is 7.83. The van der Waals surface area contributed by atoms with E-state index in [2.05, 4.69) is 5.32 Å². The normalized spacial score (nSPS) is 21.3. The maximum absolute atomic E-state index is 12.7. The number of halogens is 2. The van der Waals surface area contributed by atoms with Crippen LogP contribution in [0.3, 0.4) is 0 Å². The molecule has 0 radical (unpaired) electrons. The van der Waals surface area contributed by atoms with Gasteiger partial charge in [0, 0.05) is 16.1 Å². The number of amides is 4. The minimum atomic E-state index is -0.705. The number of imide groups is 2. The van der Waals surface area contributed by atoms with Crippen molar-refractivity contribution < 1.29 is 14.4 Å². The molecular formula is C17H16Cl2N2O3. The molecule has 0 unspecified atom stereocenters. The molecule has 0 spiro atoms. The van der Waals surface area contributed by atoms with Crippen LogP contribution >= 0.6 is 23.2 Å². The summed E-state index contributed by atoms with van der Waals surface area (Å²) < 4.78 is 0. The van der Waals surface area contributed by atoms with Gasteiger partial charge in [0.15, 0.2) is 0 Å². The molecule has 24 heavy (non-hydrogen) atoms. The molecular weight excluding hydrogens is 351 g/mol. The first kappa shape index (κ1) is 17.0. The molecule has 0 bridgehead atoms. The molecule has 3 rings (SSSR count). The van der Waals surface area contributed by atoms with Crippen LogP contribution in [0.15, 0.2) is 23.8 Å². The Morgan fingerprint density at radius 2 is 1.79 bits per heavy atom. The van der Waals surface area contributed by atoms with E-state index in [1.54, 1.807) is 12.1 Å². The average molecular weight is 367 g/mol. The molecule has 1 saturated heterocycles. The molecule has 7 heteroatoms. The number of barbiturate groups is 1. The summed E-state index contributed by atoms with van der Waals surface area (Å²) in [6, 6.07) is 3.97. The van der Waals surface area contributed by atoms with Crippen molar-refractivity contribution in [2.24, 2.45) is 0 Å². The van der Waals surface area contributed by atoms with E-state index in [1.165, 1.54) is 17.0 Å². The second kappa shape index (κ2) is 6.95. The van der Waals surface area contributed by atoms with Crippen LogP contribution in [-0.2, 0) is 9.59 Å². The fraction of sp³-hybridized carbons (Fsp3) is 0.353. The average Bonchev–Trinajstić information content (AvgIpc) is 2.54. The maximum atomic E-state index is 12.7. The Bertz CT molecular complexity index is 739. The number of nitrogens with zero attached hydrogens (tertiary/aromatic N) is 1. The lowest BCUT2D eigenvalue weighted by Gasteiger charge is -2.35. The van der Waals surface area contributed by atoms with Gasteiger partial charge in [0.2, 0.25) is 0 Å². The third kappa shape index (κ3) is 3.32. The van der Waals surface area contributed by atoms with E-state index < -0.39 is 17.8 Å². The lowest BCUT2D eigenvalue weighted by molar-refractivity contribution is -0.132. The molecule has 1 heterocycles. The highest BCUT2D eigenvalue weighted by Crippen LogP contribution is 2.28. The van der Waals surface area contributed by atoms with Crippen LogP contribution in [0.1, 0.15) is 37.7 Å². The van der Waals surface area contributed by atoms with Gasteiger partial charge in [-0.05, 0) is 36.6 Å². The van der Waals surface area contributed by atoms with Gasteiger partial charge in [0.05, 0.1) is 0 Å². The molecule has 126 valence electrons. The van der Waals surface area contributed by atoms with Crippen molar-refractivity contribution in [2.75, 3.05) is 0 Å². The summed E-state index contributed by atoms with van der Waals surface area (Å²) in [7, 11) is 0. The second-order valence-electron chi connectivity index (χ2n) is 5.95. The standard InChI is InChI=1S/C17H16Cl2N2O3/c18-11-7-6-10(14(19)9-11)8-13-15(22)20-17(24)21(16(13)23)12-4-2-1-3-5-12/h6-9,12H,1-5H2,(H,20,22,24). The summed E-state index contributed by atoms with van der Waals surface area (Å²) in [5.41, 5.74) is 0.405. The molecule has 0 atom stereocenters. The minimum Gasteiger partial charge on any atom is -0.273 e. The van der Waals surface area contributed by atoms with E-state index >= 15 is 0 Å². The number of carbonyl (C=O) groups is 3. The summed E-state index contributed by atoms with van der Waals surface area (Å²) in [5, 5.41) is 3.04. The van der Waals surface area contributed by atoms with Crippen molar-refractivity contribution in [3.05, 3.63) is 39.4 Å². The van der Waals surface area contributed by atoms with Crippen LogP contribution < -0.4 is 5.32 Å². The van der Waals surface area contributed by atoms with Crippen molar-refractivity contribution in [3.8, 4) is 0 Å². The van der Waals surface area contributed by atoms with Gasteiger partial charge in [-0.25, -0.2) is 4.79 Å². The van der Waals surface area contributed by atoms with Crippen LogP contribution in [0, 0.1) is 0 Å². The predicted octanol–water partition coefficient (Wildman–Crippen LogP) is 3.79. The van der Waals surface area contributed by atoms with Crippen molar-refractivity contribution in [2.45, 2.75) is 38.1 Å². The van der Waals surface area contributed by atoms with Crippen LogP contribution in [-0.4, -0.2) is 28.8 Å². The lowest BCUT2D eigenvalue weighted by Crippen LogP contribution is -2.58. The molecule has 5 nitrogen and oxygen atoms in total. The largest absolute Gasteiger partial charge is 0.331 e. The molecule has 2 aliphatic rings. The number of carbonyl (C=O) groups excluding carboxylic acids is 3. The predicted molar refractivity (Wildman–Crippen MR) is 91.7 cm³/mol. The van der Waals surface area contributed by atoms with E-state index in [-0.39, 0.29) is 11.6 Å². The zero-order valence-electron chi connectivity index (χ0n) is 12.9. The van der Waals surface area contributed by atoms with Crippen molar-refractivity contribution in [3.63, 3.8) is 0 Å². The topological polar surface area (TPSA) is 66.5 Å². The van der Waals surface area contributed by atoms with Gasteiger partial charge >= 0.3 is 6.03 Å². The number of rotatable bonds is 2. The van der Waals surface area contributed by atoms with Gasteiger partial charge in [0.25, 0.3) is 11.8 Å². The summed E-state index contributed by atoms with van der Waals surface area (Å²) in [6.07, 6.45) is 5.97. The molecule has 0 aromatic heterocycles. The van der Waals surface area contributed by atoms with Crippen LogP contribution in [0.2, 0.25) is 10.0 Å². The monoisotopic (exact) mass is 366 g/mol. The van der Waals surface area contributed by atoms with Crippen molar-refractivity contribution >= 4 is 47.1 Å². The Hall–Kier alpha value is -1.85. The quantitative estimate of drug-likeness (QED) is 0.639. The van der Waals surface area contributed by atoms with Gasteiger partial charge in [-0.3, -0.25) is 19.8 Å². The molecule has 4 amide bonds. The Labute approximate surface area is 149 Å². The summed E-state index contributed by atoms with van der Waals surface area (Å²) in [4.78, 5) is 38.1. The first-order chi connectivity index (χ1) is 11.5. The Morgan fingerprint density at radius 3 is 2.46 bits per heavy atom. The highest BCUT2D eigenvalue weighted by molar-refractivity contribution is 6.36. The van der Waals surface area contributed by atoms with Crippen molar-refractivity contribution in [1.29, 1.82) is 0 Å². The molecule has 1 aromatic carbocycles. The fourth-order valence-corrected chi connectivity index (χ4v) is 3.58. The number of nitrogens with one attached hydrogen (secondary N) is 1. The molecule has 1 aromatic rings. The van der Waals surface area contributed by atoms with E-state index in [0.29, 0.717) is 15.6 Å². The SMILES string of the molecule is O=C1NC(=O)N(C2CCCCC2)C(=O)C1=Cc1ccc(Cl)cc1Cl. The Kier molecular flexibility index (Phi) is 4.92. The number of benzene rings is 1. The van der Waals surface area contributed by atoms with Gasteiger partial charge in [-0.1, -0.05) is 48.5 Å². The smallest absolute Gasteiger partial charge is 0.273 e. The van der Waals surface area contributed by atoms with E-state index in [0.717, 1.165) is 32.1 Å². The number of hydrogen-bond acceptors (Lipinski definition) is 3. The molecule has 1 N–H and O–H groups in total. The number of urea groups is 1. The van der Waals surface area contributed by atoms with Gasteiger partial charge in [0.1, 0.15) is 5.57 Å². The third-order valence-electron chi connectivity index (χ3n) is 4.34. The van der Waals surface area contributed by atoms with E-state index in [9.17, 15) is 14.4 Å². The summed E-state index contributed by atoms with van der Waals surface area (Å²) in [6.45, 7) is 0. The highest BCUT2D eigenvalue weighted by Gasteiger charge is 2.40. The van der Waals surface area contributed by atoms with Crippen LogP contribution in [0.25, 0.3) is 6.08 Å². The van der Waals surface area contributed by atoms with E-state index in [1.807, 2.05) is 0 Å². The Morgan fingerprint density at radius 1 is 1.08 bits per heavy atom. The minimum absolute atomic E-state index is 0.0932. The van der Waals surface area contributed by atoms with Gasteiger partial charge < -0.3 is 0 Å². The van der Waals surface area contributed by atoms with Crippen molar-refractivity contribution in [1.82, 2.24) is 10.2 Å². The summed E-state index contributed by atoms with van der Waals surface area (Å²) in [5.74, 6) is -1.27. The van der Waals surface area contributed by atoms with Gasteiger partial charge in [-0.15, -0.1) is 0 Å². The van der Waals surface area contributed by atoms with Crippen LogP contribution in [0.5, 0.6) is 0 Å². The highest BCUT2D eigenvalue weighted by atomic mass is 35.5. The Balaban J connectivity index is 1.94. The summed E-state index contributed by atoms with van der Waals surface area (Å²) >= 11 is 12.0. The molecule has 1 aliphatic carbocycles. The zero-order chi connectivity index (χ0) is 17.3. The second-order valence-corrected chi connectivity index (χ2v) is 6.79. The maximum Gasteiger partial charge on any atom is 0.331 e. The molecule has 1 saturated carbocycles. The third-order valence-corrected chi connectivity index (χ3v) is 4.90. The van der Waals surface area contributed by atoms with E-state index in [4.69, 9.17) is 23.2 Å².